The topological polar surface area (TPSA) is 192 Å². The maximum Gasteiger partial charge on any atom is 0.459 e. The van der Waals surface area contributed by atoms with Crippen LogP contribution in [0.5, 0.6) is 17.6 Å². The number of carbonyl (C=O) groups excluding carboxylic acids is 1. The average Bonchev–Trinajstić information content (AvgIpc) is 3.17. The van der Waals surface area contributed by atoms with Crippen LogP contribution in [0.4, 0.5) is 0 Å². The molecule has 0 saturated carbocycles. The first-order chi connectivity index (χ1) is 18.5. The molecular formula is C24H31N4O10P. The highest BCUT2D eigenvalue weighted by atomic mass is 31.2. The van der Waals surface area contributed by atoms with Gasteiger partial charge in [-0.15, -0.1) is 0 Å². The van der Waals surface area contributed by atoms with Gasteiger partial charge in [0.25, 0.3) is 0 Å². The summed E-state index contributed by atoms with van der Waals surface area (Å²) in [6.07, 6.45) is -3.98. The maximum atomic E-state index is 13.8. The lowest BCUT2D eigenvalue weighted by molar-refractivity contribution is -0.149. The minimum atomic E-state index is -4.41. The molecule has 0 unspecified atom stereocenters. The van der Waals surface area contributed by atoms with Crippen LogP contribution >= 0.6 is 7.75 Å². The largest absolute Gasteiger partial charge is 0.481 e. The predicted molar refractivity (Wildman–Crippen MR) is 134 cm³/mol. The Labute approximate surface area is 225 Å². The Balaban J connectivity index is 1.87. The van der Waals surface area contributed by atoms with Gasteiger partial charge < -0.3 is 33.7 Å². The molecule has 1 fully saturated rings. The van der Waals surface area contributed by atoms with Crippen molar-refractivity contribution in [1.29, 1.82) is 5.26 Å². The van der Waals surface area contributed by atoms with Crippen LogP contribution in [0.3, 0.4) is 0 Å². The molecule has 3 N–H and O–H groups in total. The third-order valence-corrected chi connectivity index (χ3v) is 7.18. The van der Waals surface area contributed by atoms with Gasteiger partial charge in [0.1, 0.15) is 42.8 Å². The van der Waals surface area contributed by atoms with E-state index in [-0.39, 0.29) is 23.2 Å². The smallest absolute Gasteiger partial charge is 0.459 e. The van der Waals surface area contributed by atoms with Crippen LogP contribution in [0.1, 0.15) is 32.4 Å². The second-order valence-electron chi connectivity index (χ2n) is 8.81. The predicted octanol–water partition coefficient (Wildman–Crippen LogP) is 1.68. The van der Waals surface area contributed by atoms with Gasteiger partial charge in [-0.2, -0.15) is 15.3 Å². The van der Waals surface area contributed by atoms with Gasteiger partial charge in [0, 0.05) is 6.20 Å². The number of rotatable bonds is 12. The number of nitrogens with one attached hydrogen (secondary N) is 1. The molecule has 0 aliphatic carbocycles. The Morgan fingerprint density at radius 2 is 1.92 bits per heavy atom. The molecule has 15 heteroatoms. The molecule has 0 amide bonds. The minimum Gasteiger partial charge on any atom is -0.481 e. The molecule has 2 heterocycles. The summed E-state index contributed by atoms with van der Waals surface area (Å²) in [5.74, 6) is -0.612. The van der Waals surface area contributed by atoms with Crippen molar-refractivity contribution >= 4 is 13.7 Å². The molecule has 1 aromatic heterocycles. The first-order valence-corrected chi connectivity index (χ1v) is 13.4. The Kier molecular flexibility index (Phi) is 9.84. The highest BCUT2D eigenvalue weighted by Gasteiger charge is 2.57. The van der Waals surface area contributed by atoms with Gasteiger partial charge in [-0.1, -0.05) is 18.2 Å². The lowest BCUT2D eigenvalue weighted by atomic mass is 9.95. The number of para-hydroxylation sites is 1. The molecule has 0 bridgehead atoms. The standard InChI is InChI=1S/C24H31N4O10P/c1-14(2)36-22(31)15(3)28-39(32,38-16-9-7-6-8-10-16)35-13-24(12-25)20(30)18(29)19(37-24)17-11-26-23(34-5)27-21(17)33-4/h6-11,14-15,18-20,29-30H,13H2,1-5H3,(H,28,32)/t15-,18-,19-,20-,24+,39-/m0/s1. The Morgan fingerprint density at radius 1 is 1.23 bits per heavy atom. The highest BCUT2D eigenvalue weighted by molar-refractivity contribution is 7.52. The van der Waals surface area contributed by atoms with E-state index >= 15 is 0 Å². The molecular weight excluding hydrogens is 535 g/mol. The number of aliphatic hydroxyl groups is 2. The van der Waals surface area contributed by atoms with E-state index in [0.29, 0.717) is 0 Å². The van der Waals surface area contributed by atoms with Crippen LogP contribution in [0, 0.1) is 11.3 Å². The normalized spacial score (nSPS) is 24.8. The van der Waals surface area contributed by atoms with Crippen molar-refractivity contribution in [3.63, 3.8) is 0 Å². The molecule has 3 rings (SSSR count). The van der Waals surface area contributed by atoms with Gasteiger partial charge in [0.15, 0.2) is 0 Å². The molecule has 39 heavy (non-hydrogen) atoms. The molecule has 6 atom stereocenters. The average molecular weight is 567 g/mol. The molecule has 2 aromatic rings. The van der Waals surface area contributed by atoms with Gasteiger partial charge in [0.2, 0.25) is 11.5 Å². The number of esters is 1. The summed E-state index contributed by atoms with van der Waals surface area (Å²) in [6, 6.07) is 8.61. The Morgan fingerprint density at radius 3 is 2.51 bits per heavy atom. The lowest BCUT2D eigenvalue weighted by Crippen LogP contribution is -2.46. The van der Waals surface area contributed by atoms with Gasteiger partial charge in [-0.05, 0) is 32.9 Å². The van der Waals surface area contributed by atoms with Crippen LogP contribution in [0.25, 0.3) is 0 Å². The Hall–Kier alpha value is -3.31. The third kappa shape index (κ3) is 7.02. The van der Waals surface area contributed by atoms with E-state index in [1.807, 2.05) is 0 Å². The quantitative estimate of drug-likeness (QED) is 0.248. The van der Waals surface area contributed by atoms with Crippen LogP contribution in [-0.4, -0.2) is 76.9 Å². The number of ether oxygens (including phenoxy) is 4. The minimum absolute atomic E-state index is 0.0197. The molecule has 1 saturated heterocycles. The van der Waals surface area contributed by atoms with Crippen molar-refractivity contribution in [2.24, 2.45) is 0 Å². The van der Waals surface area contributed by atoms with Gasteiger partial charge in [-0.3, -0.25) is 9.32 Å². The molecule has 1 aliphatic heterocycles. The number of aliphatic hydroxyl groups excluding tert-OH is 2. The monoisotopic (exact) mass is 566 g/mol. The summed E-state index contributed by atoms with van der Waals surface area (Å²) < 4.78 is 46.0. The van der Waals surface area contributed by atoms with Crippen molar-refractivity contribution < 1.29 is 47.6 Å². The van der Waals surface area contributed by atoms with E-state index in [4.69, 9.17) is 28.0 Å². The summed E-state index contributed by atoms with van der Waals surface area (Å²) in [7, 11) is -1.74. The fraction of sp³-hybridized carbons (Fsp3) is 0.500. The van der Waals surface area contributed by atoms with E-state index in [1.54, 1.807) is 38.1 Å². The fourth-order valence-electron chi connectivity index (χ4n) is 3.63. The van der Waals surface area contributed by atoms with Gasteiger partial charge in [0.05, 0.1) is 25.9 Å². The summed E-state index contributed by atoms with van der Waals surface area (Å²) >= 11 is 0. The number of nitriles is 1. The second-order valence-corrected chi connectivity index (χ2v) is 10.5. The summed E-state index contributed by atoms with van der Waals surface area (Å²) in [5, 5.41) is 34.1. The van der Waals surface area contributed by atoms with E-state index in [2.05, 4.69) is 15.1 Å². The van der Waals surface area contributed by atoms with Crippen LogP contribution in [-0.2, 0) is 23.4 Å². The number of hydrogen-bond donors (Lipinski definition) is 3. The van der Waals surface area contributed by atoms with Crippen molar-refractivity contribution in [1.82, 2.24) is 15.1 Å². The maximum absolute atomic E-state index is 13.8. The fourth-order valence-corrected chi connectivity index (χ4v) is 5.15. The van der Waals surface area contributed by atoms with Gasteiger partial charge in [-0.25, -0.2) is 9.55 Å². The molecule has 14 nitrogen and oxygen atoms in total. The van der Waals surface area contributed by atoms with Crippen LogP contribution in [0.2, 0.25) is 0 Å². The van der Waals surface area contributed by atoms with Crippen molar-refractivity contribution in [3.8, 4) is 23.7 Å². The summed E-state index contributed by atoms with van der Waals surface area (Å²) in [4.78, 5) is 20.4. The second kappa shape index (κ2) is 12.7. The van der Waals surface area contributed by atoms with Crippen LogP contribution in [0.15, 0.2) is 36.5 Å². The number of hydrogen-bond acceptors (Lipinski definition) is 13. The highest BCUT2D eigenvalue weighted by Crippen LogP contribution is 2.49. The SMILES string of the molecule is COc1ncc([C@@H]2O[C@](C#N)(CO[P@@](=O)(N[C@@H](C)C(=O)OC(C)C)Oc3ccccc3)[C@@H](O)[C@H]2O)c(OC)n1. The van der Waals surface area contributed by atoms with E-state index in [9.17, 15) is 24.8 Å². The zero-order chi connectivity index (χ0) is 28.8. The molecule has 1 aromatic carbocycles. The van der Waals surface area contributed by atoms with Gasteiger partial charge >= 0.3 is 19.7 Å². The first-order valence-electron chi connectivity index (χ1n) is 11.8. The number of methoxy groups -OCH3 is 2. The first kappa shape index (κ1) is 30.2. The van der Waals surface area contributed by atoms with E-state index < -0.39 is 56.4 Å². The number of aromatic nitrogens is 2. The van der Waals surface area contributed by atoms with Crippen LogP contribution < -0.4 is 19.1 Å². The van der Waals surface area contributed by atoms with Crippen molar-refractivity contribution in [3.05, 3.63) is 42.1 Å². The molecule has 0 spiro atoms. The van der Waals surface area contributed by atoms with Crippen molar-refractivity contribution in [2.75, 3.05) is 20.8 Å². The number of benzene rings is 1. The summed E-state index contributed by atoms with van der Waals surface area (Å²) in [5.41, 5.74) is -2.09. The third-order valence-electron chi connectivity index (χ3n) is 5.55. The Bertz CT molecular complexity index is 1230. The lowest BCUT2D eigenvalue weighted by Gasteiger charge is -2.28. The summed E-state index contributed by atoms with van der Waals surface area (Å²) in [6.45, 7) is 3.87. The molecule has 1 aliphatic rings. The van der Waals surface area contributed by atoms with E-state index in [1.165, 1.54) is 39.5 Å². The zero-order valence-electron chi connectivity index (χ0n) is 22.0. The zero-order valence-corrected chi connectivity index (χ0v) is 22.9. The molecule has 0 radical (unpaired) electrons. The number of nitrogens with zero attached hydrogens (tertiary/aromatic N) is 3. The number of carbonyl (C=O) groups is 1. The van der Waals surface area contributed by atoms with Crippen molar-refractivity contribution in [2.45, 2.75) is 56.8 Å². The van der Waals surface area contributed by atoms with E-state index in [0.717, 1.165) is 0 Å². The molecule has 212 valence electrons.